The van der Waals surface area contributed by atoms with E-state index in [9.17, 15) is 0 Å². The molecule has 56 heavy (non-hydrogen) atoms. The number of hydrogen-bond donors (Lipinski definition) is 0. The van der Waals surface area contributed by atoms with Crippen LogP contribution in [0, 0.1) is 0 Å². The molecule has 262 valence electrons. The highest BCUT2D eigenvalue weighted by atomic mass is 32.1. The lowest BCUT2D eigenvalue weighted by Crippen LogP contribution is -2.00. The first-order valence-corrected chi connectivity index (χ1v) is 19.5. The van der Waals surface area contributed by atoms with E-state index < -0.39 is 0 Å². The maximum absolute atomic E-state index is 6.48. The van der Waals surface area contributed by atoms with Crippen LogP contribution >= 0.6 is 11.3 Å². The van der Waals surface area contributed by atoms with Crippen molar-refractivity contribution in [1.82, 2.24) is 15.0 Å². The lowest BCUT2D eigenvalue weighted by molar-refractivity contribution is 0.669. The predicted molar refractivity (Wildman–Crippen MR) is 233 cm³/mol. The quantitative estimate of drug-likeness (QED) is 0.171. The highest BCUT2D eigenvalue weighted by molar-refractivity contribution is 7.26. The van der Waals surface area contributed by atoms with Crippen molar-refractivity contribution < 1.29 is 4.42 Å². The zero-order chi connectivity index (χ0) is 37.0. The van der Waals surface area contributed by atoms with Gasteiger partial charge in [-0.1, -0.05) is 152 Å². The Labute approximate surface area is 327 Å². The molecule has 0 aliphatic carbocycles. The fourth-order valence-electron chi connectivity index (χ4n) is 7.80. The number of furan rings is 1. The molecule has 0 fully saturated rings. The maximum Gasteiger partial charge on any atom is 0.165 e. The first-order chi connectivity index (χ1) is 27.7. The topological polar surface area (TPSA) is 51.8 Å². The van der Waals surface area contributed by atoms with E-state index >= 15 is 0 Å². The van der Waals surface area contributed by atoms with Crippen LogP contribution < -0.4 is 0 Å². The Hall–Kier alpha value is -7.21. The molecule has 11 aromatic rings. The van der Waals surface area contributed by atoms with Crippen molar-refractivity contribution in [3.05, 3.63) is 188 Å². The molecule has 0 aliphatic heterocycles. The van der Waals surface area contributed by atoms with Crippen LogP contribution in [-0.2, 0) is 0 Å². The average Bonchev–Trinajstić information content (AvgIpc) is 3.85. The minimum atomic E-state index is 0.643. The molecule has 0 atom stereocenters. The summed E-state index contributed by atoms with van der Waals surface area (Å²) in [6, 6.07) is 65.7. The molecule has 4 nitrogen and oxygen atoms in total. The van der Waals surface area contributed by atoms with E-state index in [1.165, 1.54) is 21.0 Å². The second-order valence-corrected chi connectivity index (χ2v) is 15.0. The van der Waals surface area contributed by atoms with E-state index in [1.807, 2.05) is 36.4 Å². The first-order valence-electron chi connectivity index (χ1n) is 18.7. The van der Waals surface area contributed by atoms with Crippen molar-refractivity contribution >= 4 is 53.4 Å². The monoisotopic (exact) mass is 733 g/mol. The van der Waals surface area contributed by atoms with E-state index in [0.29, 0.717) is 17.5 Å². The molecule has 0 radical (unpaired) electrons. The van der Waals surface area contributed by atoms with Gasteiger partial charge in [0.25, 0.3) is 0 Å². The van der Waals surface area contributed by atoms with Crippen molar-refractivity contribution in [2.45, 2.75) is 0 Å². The first kappa shape index (κ1) is 32.2. The Kier molecular flexibility index (Phi) is 7.64. The molecule has 11 rings (SSSR count). The fourth-order valence-corrected chi connectivity index (χ4v) is 9.00. The standard InChI is InChI=1S/C51H31N3OS/c1-4-13-32(14-5-1)33-23-25-36(26-24-33)50-52-49(35-17-8-3-9-18-35)53-51(54-50)41-21-12-20-39-43-29-37(27-28-46(43)56-48(39)41)38-30-42(34-15-6-2-7-16-34)47-40-19-10-11-22-44(40)55-45(47)31-38/h1-31H. The SMILES string of the molecule is c1ccc(-c2ccc(-c3nc(-c4ccccc4)nc(-c4cccc5c4sc4ccc(-c6cc(-c7ccccc7)c7c(c6)oc6ccccc67)cc45)n3)cc2)cc1. The van der Waals surface area contributed by atoms with Gasteiger partial charge in [-0.3, -0.25) is 0 Å². The molecule has 8 aromatic carbocycles. The number of benzene rings is 8. The van der Waals surface area contributed by atoms with Gasteiger partial charge in [-0.25, -0.2) is 15.0 Å². The van der Waals surface area contributed by atoms with E-state index in [2.05, 4.69) is 152 Å². The summed E-state index contributed by atoms with van der Waals surface area (Å²) in [5, 5.41) is 4.64. The normalized spacial score (nSPS) is 11.6. The van der Waals surface area contributed by atoms with Crippen LogP contribution in [0.5, 0.6) is 0 Å². The molecule has 3 aromatic heterocycles. The minimum Gasteiger partial charge on any atom is -0.456 e. The number of nitrogens with zero attached hydrogens (tertiary/aromatic N) is 3. The highest BCUT2D eigenvalue weighted by Crippen LogP contribution is 2.44. The third-order valence-corrected chi connectivity index (χ3v) is 11.8. The predicted octanol–water partition coefficient (Wildman–Crippen LogP) is 14.1. The van der Waals surface area contributed by atoms with Crippen LogP contribution in [0.3, 0.4) is 0 Å². The summed E-state index contributed by atoms with van der Waals surface area (Å²) in [7, 11) is 0. The van der Waals surface area contributed by atoms with Gasteiger partial charge in [-0.2, -0.15) is 0 Å². The molecular formula is C51H31N3OS. The zero-order valence-electron chi connectivity index (χ0n) is 30.1. The number of para-hydroxylation sites is 1. The molecule has 0 N–H and O–H groups in total. The second-order valence-electron chi connectivity index (χ2n) is 14.0. The Morgan fingerprint density at radius 1 is 0.339 bits per heavy atom. The summed E-state index contributed by atoms with van der Waals surface area (Å²) >= 11 is 1.78. The summed E-state index contributed by atoms with van der Waals surface area (Å²) in [6.45, 7) is 0. The summed E-state index contributed by atoms with van der Waals surface area (Å²) in [5.74, 6) is 1.94. The number of aromatic nitrogens is 3. The Morgan fingerprint density at radius 2 is 0.911 bits per heavy atom. The van der Waals surface area contributed by atoms with Gasteiger partial charge in [-0.15, -0.1) is 11.3 Å². The summed E-state index contributed by atoms with van der Waals surface area (Å²) in [6.07, 6.45) is 0. The lowest BCUT2D eigenvalue weighted by atomic mass is 9.94. The fraction of sp³-hybridized carbons (Fsp3) is 0. The van der Waals surface area contributed by atoms with E-state index in [-0.39, 0.29) is 0 Å². The van der Waals surface area contributed by atoms with Crippen LogP contribution in [0.25, 0.3) is 110 Å². The van der Waals surface area contributed by atoms with Gasteiger partial charge in [0.2, 0.25) is 0 Å². The maximum atomic E-state index is 6.48. The summed E-state index contributed by atoms with van der Waals surface area (Å²) in [4.78, 5) is 15.3. The van der Waals surface area contributed by atoms with Gasteiger partial charge in [-0.05, 0) is 69.8 Å². The zero-order valence-corrected chi connectivity index (χ0v) is 30.9. The van der Waals surface area contributed by atoms with Gasteiger partial charge >= 0.3 is 0 Å². The van der Waals surface area contributed by atoms with Crippen molar-refractivity contribution in [3.8, 4) is 67.5 Å². The molecule has 0 saturated carbocycles. The number of rotatable bonds is 6. The summed E-state index contributed by atoms with van der Waals surface area (Å²) < 4.78 is 8.83. The molecule has 0 unspecified atom stereocenters. The van der Waals surface area contributed by atoms with Crippen LogP contribution in [0.2, 0.25) is 0 Å². The van der Waals surface area contributed by atoms with Gasteiger partial charge in [0, 0.05) is 47.6 Å². The van der Waals surface area contributed by atoms with Gasteiger partial charge < -0.3 is 4.42 Å². The van der Waals surface area contributed by atoms with E-state index in [0.717, 1.165) is 71.1 Å². The van der Waals surface area contributed by atoms with Gasteiger partial charge in [0.1, 0.15) is 11.2 Å². The Balaban J connectivity index is 1.05. The molecule has 0 aliphatic rings. The number of hydrogen-bond acceptors (Lipinski definition) is 5. The molecule has 0 spiro atoms. The third kappa shape index (κ3) is 5.56. The largest absolute Gasteiger partial charge is 0.456 e. The number of thiophene rings is 1. The average molecular weight is 734 g/mol. The highest BCUT2D eigenvalue weighted by Gasteiger charge is 2.19. The molecule has 0 bridgehead atoms. The smallest absolute Gasteiger partial charge is 0.165 e. The molecular weight excluding hydrogens is 703 g/mol. The molecule has 0 amide bonds. The van der Waals surface area contributed by atoms with Gasteiger partial charge in [0.15, 0.2) is 17.5 Å². The second kappa shape index (κ2) is 13.3. The number of fused-ring (bicyclic) bond motifs is 6. The minimum absolute atomic E-state index is 0.643. The van der Waals surface area contributed by atoms with Crippen molar-refractivity contribution in [2.24, 2.45) is 0 Å². The third-order valence-electron chi connectivity index (χ3n) is 10.6. The summed E-state index contributed by atoms with van der Waals surface area (Å²) in [5.41, 5.74) is 11.5. The molecule has 0 saturated heterocycles. The van der Waals surface area contributed by atoms with Crippen molar-refractivity contribution in [1.29, 1.82) is 0 Å². The van der Waals surface area contributed by atoms with Crippen molar-refractivity contribution in [3.63, 3.8) is 0 Å². The van der Waals surface area contributed by atoms with E-state index in [4.69, 9.17) is 19.4 Å². The van der Waals surface area contributed by atoms with E-state index in [1.54, 1.807) is 11.3 Å². The van der Waals surface area contributed by atoms with Crippen molar-refractivity contribution in [2.75, 3.05) is 0 Å². The van der Waals surface area contributed by atoms with Crippen LogP contribution in [0.15, 0.2) is 192 Å². The van der Waals surface area contributed by atoms with Crippen LogP contribution in [0.4, 0.5) is 0 Å². The van der Waals surface area contributed by atoms with Crippen LogP contribution in [-0.4, -0.2) is 15.0 Å². The lowest BCUT2D eigenvalue weighted by Gasteiger charge is -2.10. The van der Waals surface area contributed by atoms with Crippen LogP contribution in [0.1, 0.15) is 0 Å². The Bertz CT molecular complexity index is 3230. The van der Waals surface area contributed by atoms with Gasteiger partial charge in [0.05, 0.1) is 0 Å². The molecule has 3 heterocycles. The molecule has 5 heteroatoms. The Morgan fingerprint density at radius 3 is 1.66 bits per heavy atom.